The number of anilines is 1. The van der Waals surface area contributed by atoms with Crippen molar-refractivity contribution >= 4 is 5.69 Å². The molecule has 1 aromatic carbocycles. The second-order valence-electron chi connectivity index (χ2n) is 4.41. The standard InChI is InChI=1S/C13H20N2O/c1-16-12-7-5-11(6-8-12)15-13(9-14)10-3-2-4-10/h5-8,10,13,15H,2-4,9,14H2,1H3. The van der Waals surface area contributed by atoms with Crippen LogP contribution in [0, 0.1) is 5.92 Å². The number of rotatable bonds is 5. The van der Waals surface area contributed by atoms with Gasteiger partial charge in [0.1, 0.15) is 5.75 Å². The highest BCUT2D eigenvalue weighted by Crippen LogP contribution is 2.31. The number of hydrogen-bond donors (Lipinski definition) is 2. The molecule has 1 unspecified atom stereocenters. The maximum absolute atomic E-state index is 5.80. The Labute approximate surface area is 97.0 Å². The van der Waals surface area contributed by atoms with E-state index in [1.165, 1.54) is 19.3 Å². The molecule has 1 saturated carbocycles. The minimum Gasteiger partial charge on any atom is -0.497 e. The topological polar surface area (TPSA) is 47.3 Å². The van der Waals surface area contributed by atoms with Crippen LogP contribution in [-0.4, -0.2) is 19.7 Å². The Bertz CT molecular complexity index is 319. The van der Waals surface area contributed by atoms with E-state index in [1.54, 1.807) is 7.11 Å². The molecular formula is C13H20N2O. The van der Waals surface area contributed by atoms with Crippen LogP contribution < -0.4 is 15.8 Å². The largest absolute Gasteiger partial charge is 0.497 e. The molecule has 0 radical (unpaired) electrons. The number of nitrogens with two attached hydrogens (primary N) is 1. The van der Waals surface area contributed by atoms with Crippen molar-refractivity contribution in [3.05, 3.63) is 24.3 Å². The van der Waals surface area contributed by atoms with Gasteiger partial charge in [0, 0.05) is 18.3 Å². The molecule has 1 aromatic rings. The molecule has 3 heteroatoms. The first-order valence-corrected chi connectivity index (χ1v) is 5.94. The van der Waals surface area contributed by atoms with Gasteiger partial charge in [0.25, 0.3) is 0 Å². The summed E-state index contributed by atoms with van der Waals surface area (Å²) < 4.78 is 5.13. The quantitative estimate of drug-likeness (QED) is 0.800. The summed E-state index contributed by atoms with van der Waals surface area (Å²) in [6.07, 6.45) is 3.97. The second kappa shape index (κ2) is 5.21. The van der Waals surface area contributed by atoms with E-state index in [-0.39, 0.29) is 0 Å². The van der Waals surface area contributed by atoms with E-state index in [4.69, 9.17) is 10.5 Å². The Morgan fingerprint density at radius 3 is 2.50 bits per heavy atom. The van der Waals surface area contributed by atoms with E-state index in [1.807, 2.05) is 24.3 Å². The van der Waals surface area contributed by atoms with Gasteiger partial charge in [-0.05, 0) is 43.0 Å². The van der Waals surface area contributed by atoms with Gasteiger partial charge in [0.15, 0.2) is 0 Å². The summed E-state index contributed by atoms with van der Waals surface area (Å²) in [6, 6.07) is 8.44. The van der Waals surface area contributed by atoms with Gasteiger partial charge < -0.3 is 15.8 Å². The molecule has 1 fully saturated rings. The summed E-state index contributed by atoms with van der Waals surface area (Å²) in [7, 11) is 1.68. The van der Waals surface area contributed by atoms with Gasteiger partial charge in [-0.3, -0.25) is 0 Å². The number of hydrogen-bond acceptors (Lipinski definition) is 3. The monoisotopic (exact) mass is 220 g/mol. The van der Waals surface area contributed by atoms with Crippen LogP contribution in [0.15, 0.2) is 24.3 Å². The molecule has 1 aliphatic rings. The summed E-state index contributed by atoms with van der Waals surface area (Å²) in [5, 5.41) is 3.50. The van der Waals surface area contributed by atoms with Gasteiger partial charge in [0.05, 0.1) is 7.11 Å². The number of methoxy groups -OCH3 is 1. The van der Waals surface area contributed by atoms with Crippen molar-refractivity contribution in [3.63, 3.8) is 0 Å². The number of benzene rings is 1. The van der Waals surface area contributed by atoms with Crippen LogP contribution in [-0.2, 0) is 0 Å². The Hall–Kier alpha value is -1.22. The summed E-state index contributed by atoms with van der Waals surface area (Å²) >= 11 is 0. The second-order valence-corrected chi connectivity index (χ2v) is 4.41. The van der Waals surface area contributed by atoms with Crippen LogP contribution in [0.2, 0.25) is 0 Å². The molecule has 2 rings (SSSR count). The van der Waals surface area contributed by atoms with E-state index in [2.05, 4.69) is 5.32 Å². The predicted octanol–water partition coefficient (Wildman–Crippen LogP) is 2.23. The zero-order valence-electron chi connectivity index (χ0n) is 9.78. The Balaban J connectivity index is 1.95. The van der Waals surface area contributed by atoms with Crippen molar-refractivity contribution in [2.45, 2.75) is 25.3 Å². The van der Waals surface area contributed by atoms with Crippen LogP contribution in [0.25, 0.3) is 0 Å². The van der Waals surface area contributed by atoms with Gasteiger partial charge in [-0.15, -0.1) is 0 Å². The van der Waals surface area contributed by atoms with E-state index < -0.39 is 0 Å². The molecule has 3 N–H and O–H groups in total. The van der Waals surface area contributed by atoms with Gasteiger partial charge in [0.2, 0.25) is 0 Å². The van der Waals surface area contributed by atoms with Crippen LogP contribution in [0.1, 0.15) is 19.3 Å². The molecule has 1 atom stereocenters. The molecule has 0 heterocycles. The highest BCUT2D eigenvalue weighted by molar-refractivity contribution is 5.47. The molecule has 0 aromatic heterocycles. The zero-order chi connectivity index (χ0) is 11.4. The smallest absolute Gasteiger partial charge is 0.119 e. The van der Waals surface area contributed by atoms with Crippen LogP contribution in [0.5, 0.6) is 5.75 Å². The van der Waals surface area contributed by atoms with Gasteiger partial charge in [-0.1, -0.05) is 6.42 Å². The molecule has 16 heavy (non-hydrogen) atoms. The van der Waals surface area contributed by atoms with Gasteiger partial charge in [-0.2, -0.15) is 0 Å². The average molecular weight is 220 g/mol. The summed E-state index contributed by atoms with van der Waals surface area (Å²) in [6.45, 7) is 0.705. The van der Waals surface area contributed by atoms with Crippen LogP contribution in [0.4, 0.5) is 5.69 Å². The molecule has 0 aliphatic heterocycles. The molecule has 3 nitrogen and oxygen atoms in total. The summed E-state index contributed by atoms with van der Waals surface area (Å²) in [5.41, 5.74) is 6.93. The summed E-state index contributed by atoms with van der Waals surface area (Å²) in [4.78, 5) is 0. The molecule has 0 spiro atoms. The molecule has 0 amide bonds. The molecule has 1 aliphatic carbocycles. The minimum atomic E-state index is 0.419. The van der Waals surface area contributed by atoms with Crippen LogP contribution >= 0.6 is 0 Å². The van der Waals surface area contributed by atoms with E-state index in [0.717, 1.165) is 17.4 Å². The van der Waals surface area contributed by atoms with Crippen molar-refractivity contribution in [2.24, 2.45) is 11.7 Å². The van der Waals surface area contributed by atoms with E-state index >= 15 is 0 Å². The van der Waals surface area contributed by atoms with Crippen molar-refractivity contribution in [1.82, 2.24) is 0 Å². The van der Waals surface area contributed by atoms with E-state index in [0.29, 0.717) is 12.6 Å². The fraction of sp³-hybridized carbons (Fsp3) is 0.538. The number of nitrogens with one attached hydrogen (secondary N) is 1. The lowest BCUT2D eigenvalue weighted by atomic mass is 9.79. The fourth-order valence-electron chi connectivity index (χ4n) is 2.11. The minimum absolute atomic E-state index is 0.419. The van der Waals surface area contributed by atoms with Gasteiger partial charge in [-0.25, -0.2) is 0 Å². The predicted molar refractivity (Wildman–Crippen MR) is 66.8 cm³/mol. The Morgan fingerprint density at radius 1 is 1.38 bits per heavy atom. The van der Waals surface area contributed by atoms with Crippen molar-refractivity contribution < 1.29 is 4.74 Å². The number of ether oxygens (including phenoxy) is 1. The normalized spacial score (nSPS) is 17.6. The SMILES string of the molecule is COc1ccc(NC(CN)C2CCC2)cc1. The molecule has 88 valence electrons. The lowest BCUT2D eigenvalue weighted by Gasteiger charge is -2.34. The first-order chi connectivity index (χ1) is 7.83. The lowest BCUT2D eigenvalue weighted by Crippen LogP contribution is -2.39. The van der Waals surface area contributed by atoms with Crippen LogP contribution in [0.3, 0.4) is 0 Å². The third-order valence-corrected chi connectivity index (χ3v) is 3.41. The third-order valence-electron chi connectivity index (χ3n) is 3.41. The molecular weight excluding hydrogens is 200 g/mol. The lowest BCUT2D eigenvalue weighted by molar-refractivity contribution is 0.277. The highest BCUT2D eigenvalue weighted by Gasteiger charge is 2.25. The fourth-order valence-corrected chi connectivity index (χ4v) is 2.11. The molecule has 0 bridgehead atoms. The molecule has 0 saturated heterocycles. The maximum Gasteiger partial charge on any atom is 0.119 e. The third kappa shape index (κ3) is 2.47. The Morgan fingerprint density at radius 2 is 2.06 bits per heavy atom. The van der Waals surface area contributed by atoms with E-state index in [9.17, 15) is 0 Å². The first kappa shape index (κ1) is 11.3. The zero-order valence-corrected chi connectivity index (χ0v) is 9.78. The summed E-state index contributed by atoms with van der Waals surface area (Å²) in [5.74, 6) is 1.64. The maximum atomic E-state index is 5.80. The van der Waals surface area contributed by atoms with Crippen molar-refractivity contribution in [1.29, 1.82) is 0 Å². The van der Waals surface area contributed by atoms with Crippen molar-refractivity contribution in [2.75, 3.05) is 19.0 Å². The first-order valence-electron chi connectivity index (χ1n) is 5.94. The Kier molecular flexibility index (Phi) is 3.67. The average Bonchev–Trinajstić information content (AvgIpc) is 2.26. The van der Waals surface area contributed by atoms with Crippen molar-refractivity contribution in [3.8, 4) is 5.75 Å². The highest BCUT2D eigenvalue weighted by atomic mass is 16.5. The van der Waals surface area contributed by atoms with Gasteiger partial charge >= 0.3 is 0 Å².